The first-order valence-corrected chi connectivity index (χ1v) is 6.67. The third-order valence-electron chi connectivity index (χ3n) is 3.21. The van der Waals surface area contributed by atoms with Gasteiger partial charge in [-0.3, -0.25) is 9.59 Å². The summed E-state index contributed by atoms with van der Waals surface area (Å²) in [7, 11) is 0. The molecule has 1 atom stereocenters. The maximum atomic E-state index is 13.7. The normalized spacial score (nSPS) is 11.9. The fourth-order valence-corrected chi connectivity index (χ4v) is 1.86. The van der Waals surface area contributed by atoms with Crippen molar-refractivity contribution in [1.29, 1.82) is 0 Å². The van der Waals surface area contributed by atoms with Crippen molar-refractivity contribution in [3.05, 3.63) is 35.1 Å². The number of carbonyl (C=O) groups excluding carboxylic acids is 1. The molecule has 0 saturated carbocycles. The molecular formula is C15H20FNO3. The third-order valence-corrected chi connectivity index (χ3v) is 3.21. The highest BCUT2D eigenvalue weighted by Gasteiger charge is 2.13. The van der Waals surface area contributed by atoms with E-state index in [1.807, 2.05) is 6.92 Å². The minimum absolute atomic E-state index is 0.0446. The number of halogens is 1. The molecule has 1 unspecified atom stereocenters. The number of hydrogen-bond acceptors (Lipinski definition) is 2. The number of aliphatic carboxylic acids is 1. The standard InChI is InChI=1S/C15H20FNO3/c1-10(6-7-13(18)19)8-9-17-15(20)12-5-3-4-11(2)14(12)16/h3-5,10H,6-9H2,1-2H3,(H,17,20)(H,18,19). The Morgan fingerprint density at radius 1 is 1.35 bits per heavy atom. The molecule has 0 fully saturated rings. The lowest BCUT2D eigenvalue weighted by Gasteiger charge is -2.11. The van der Waals surface area contributed by atoms with E-state index in [-0.39, 0.29) is 17.9 Å². The van der Waals surface area contributed by atoms with Crippen molar-refractivity contribution >= 4 is 11.9 Å². The predicted octanol–water partition coefficient (Wildman–Crippen LogP) is 2.75. The van der Waals surface area contributed by atoms with E-state index in [2.05, 4.69) is 5.32 Å². The van der Waals surface area contributed by atoms with Gasteiger partial charge in [-0.25, -0.2) is 4.39 Å². The van der Waals surface area contributed by atoms with Crippen molar-refractivity contribution in [2.75, 3.05) is 6.54 Å². The number of carbonyl (C=O) groups is 2. The lowest BCUT2D eigenvalue weighted by molar-refractivity contribution is -0.137. The van der Waals surface area contributed by atoms with Crippen molar-refractivity contribution < 1.29 is 19.1 Å². The van der Waals surface area contributed by atoms with E-state index < -0.39 is 17.7 Å². The number of nitrogens with one attached hydrogen (secondary N) is 1. The zero-order valence-electron chi connectivity index (χ0n) is 11.8. The number of rotatable bonds is 7. The van der Waals surface area contributed by atoms with Gasteiger partial charge in [-0.15, -0.1) is 0 Å². The Hall–Kier alpha value is -1.91. The van der Waals surface area contributed by atoms with Crippen molar-refractivity contribution in [1.82, 2.24) is 5.32 Å². The Kier molecular flexibility index (Phi) is 6.15. The SMILES string of the molecule is Cc1cccc(C(=O)NCCC(C)CCC(=O)O)c1F. The maximum absolute atomic E-state index is 13.7. The molecule has 0 heterocycles. The zero-order chi connectivity index (χ0) is 15.1. The Morgan fingerprint density at radius 2 is 2.05 bits per heavy atom. The summed E-state index contributed by atoms with van der Waals surface area (Å²) in [6.45, 7) is 3.95. The van der Waals surface area contributed by atoms with Crippen LogP contribution in [0.2, 0.25) is 0 Å². The fourth-order valence-electron chi connectivity index (χ4n) is 1.86. The molecule has 0 saturated heterocycles. The van der Waals surface area contributed by atoms with Gasteiger partial charge in [0.1, 0.15) is 5.82 Å². The first-order valence-electron chi connectivity index (χ1n) is 6.67. The number of carboxylic acids is 1. The van der Waals surface area contributed by atoms with Crippen molar-refractivity contribution in [3.63, 3.8) is 0 Å². The Balaban J connectivity index is 2.40. The van der Waals surface area contributed by atoms with Crippen LogP contribution >= 0.6 is 0 Å². The summed E-state index contributed by atoms with van der Waals surface area (Å²) in [4.78, 5) is 22.2. The quantitative estimate of drug-likeness (QED) is 0.807. The van der Waals surface area contributed by atoms with Crippen LogP contribution in [0.15, 0.2) is 18.2 Å². The molecule has 20 heavy (non-hydrogen) atoms. The first kappa shape index (κ1) is 16.1. The molecule has 0 aliphatic rings. The van der Waals surface area contributed by atoms with Gasteiger partial charge in [0.05, 0.1) is 5.56 Å². The lowest BCUT2D eigenvalue weighted by atomic mass is 10.0. The van der Waals surface area contributed by atoms with Gasteiger partial charge in [0.2, 0.25) is 0 Å². The van der Waals surface area contributed by atoms with Gasteiger partial charge in [0.25, 0.3) is 5.91 Å². The topological polar surface area (TPSA) is 66.4 Å². The smallest absolute Gasteiger partial charge is 0.303 e. The van der Waals surface area contributed by atoms with Gasteiger partial charge in [-0.05, 0) is 37.3 Å². The van der Waals surface area contributed by atoms with Crippen LogP contribution in [0.4, 0.5) is 4.39 Å². The summed E-state index contributed by atoms with van der Waals surface area (Å²) >= 11 is 0. The Bertz CT molecular complexity index is 488. The molecular weight excluding hydrogens is 261 g/mol. The Morgan fingerprint density at radius 3 is 2.70 bits per heavy atom. The molecule has 0 aromatic heterocycles. The summed E-state index contributed by atoms with van der Waals surface area (Å²) in [5.74, 6) is -1.54. The molecule has 4 nitrogen and oxygen atoms in total. The van der Waals surface area contributed by atoms with E-state index in [0.29, 0.717) is 24.9 Å². The zero-order valence-corrected chi connectivity index (χ0v) is 11.8. The number of amides is 1. The number of benzene rings is 1. The number of carboxylic acid groups (broad SMARTS) is 1. The van der Waals surface area contributed by atoms with Gasteiger partial charge in [0.15, 0.2) is 0 Å². The molecule has 0 bridgehead atoms. The van der Waals surface area contributed by atoms with E-state index in [1.165, 1.54) is 6.07 Å². The minimum Gasteiger partial charge on any atom is -0.481 e. The molecule has 1 rings (SSSR count). The summed E-state index contributed by atoms with van der Waals surface area (Å²) in [5.41, 5.74) is 0.482. The Labute approximate surface area is 118 Å². The van der Waals surface area contributed by atoms with Crippen LogP contribution < -0.4 is 5.32 Å². The van der Waals surface area contributed by atoms with Crippen LogP contribution in [0, 0.1) is 18.7 Å². The van der Waals surface area contributed by atoms with Crippen LogP contribution in [-0.4, -0.2) is 23.5 Å². The summed E-state index contributed by atoms with van der Waals surface area (Å²) < 4.78 is 13.7. The second kappa shape index (κ2) is 7.62. The van der Waals surface area contributed by atoms with E-state index in [1.54, 1.807) is 19.1 Å². The van der Waals surface area contributed by atoms with Crippen LogP contribution in [0.5, 0.6) is 0 Å². The fraction of sp³-hybridized carbons (Fsp3) is 0.467. The molecule has 1 amide bonds. The van der Waals surface area contributed by atoms with Gasteiger partial charge in [-0.1, -0.05) is 19.1 Å². The second-order valence-electron chi connectivity index (χ2n) is 5.02. The summed E-state index contributed by atoms with van der Waals surface area (Å²) in [6, 6.07) is 4.70. The van der Waals surface area contributed by atoms with E-state index in [4.69, 9.17) is 5.11 Å². The van der Waals surface area contributed by atoms with E-state index in [0.717, 1.165) is 0 Å². The van der Waals surface area contributed by atoms with Crippen LogP contribution in [0.25, 0.3) is 0 Å². The van der Waals surface area contributed by atoms with E-state index >= 15 is 0 Å². The molecule has 5 heteroatoms. The van der Waals surface area contributed by atoms with Crippen LogP contribution in [-0.2, 0) is 4.79 Å². The minimum atomic E-state index is -0.817. The molecule has 0 aliphatic heterocycles. The third kappa shape index (κ3) is 4.99. The molecule has 2 N–H and O–H groups in total. The van der Waals surface area contributed by atoms with Crippen molar-refractivity contribution in [3.8, 4) is 0 Å². The number of hydrogen-bond donors (Lipinski definition) is 2. The number of aryl methyl sites for hydroxylation is 1. The molecule has 110 valence electrons. The molecule has 0 aliphatic carbocycles. The van der Waals surface area contributed by atoms with Crippen molar-refractivity contribution in [2.45, 2.75) is 33.1 Å². The highest BCUT2D eigenvalue weighted by molar-refractivity contribution is 5.94. The van der Waals surface area contributed by atoms with Crippen LogP contribution in [0.1, 0.15) is 42.1 Å². The highest BCUT2D eigenvalue weighted by Crippen LogP contribution is 2.12. The summed E-state index contributed by atoms with van der Waals surface area (Å²) in [5, 5.41) is 11.2. The average molecular weight is 281 g/mol. The van der Waals surface area contributed by atoms with Gasteiger partial charge in [-0.2, -0.15) is 0 Å². The van der Waals surface area contributed by atoms with E-state index in [9.17, 15) is 14.0 Å². The largest absolute Gasteiger partial charge is 0.481 e. The first-order chi connectivity index (χ1) is 9.41. The van der Waals surface area contributed by atoms with Gasteiger partial charge >= 0.3 is 5.97 Å². The van der Waals surface area contributed by atoms with Crippen LogP contribution in [0.3, 0.4) is 0 Å². The van der Waals surface area contributed by atoms with Gasteiger partial charge < -0.3 is 10.4 Å². The predicted molar refractivity (Wildman–Crippen MR) is 74.1 cm³/mol. The van der Waals surface area contributed by atoms with Crippen molar-refractivity contribution in [2.24, 2.45) is 5.92 Å². The highest BCUT2D eigenvalue weighted by atomic mass is 19.1. The second-order valence-corrected chi connectivity index (χ2v) is 5.02. The lowest BCUT2D eigenvalue weighted by Crippen LogP contribution is -2.26. The van der Waals surface area contributed by atoms with Gasteiger partial charge in [0, 0.05) is 13.0 Å². The monoisotopic (exact) mass is 281 g/mol. The summed E-state index contributed by atoms with van der Waals surface area (Å²) in [6.07, 6.45) is 1.37. The molecule has 1 aromatic carbocycles. The molecule has 1 aromatic rings. The average Bonchev–Trinajstić information content (AvgIpc) is 2.39. The molecule has 0 radical (unpaired) electrons. The maximum Gasteiger partial charge on any atom is 0.303 e. The molecule has 0 spiro atoms.